The maximum atomic E-state index is 12.0. The molecule has 2 aromatic rings. The number of aryl methyl sites for hydroxylation is 1. The van der Waals surface area contributed by atoms with Crippen LogP contribution in [-0.2, 0) is 6.42 Å². The minimum absolute atomic E-state index is 0.123. The van der Waals surface area contributed by atoms with Crippen LogP contribution in [0.1, 0.15) is 23.1 Å². The molecule has 1 saturated heterocycles. The monoisotopic (exact) mass is 329 g/mol. The molecule has 0 aromatic carbocycles. The number of H-pyrrole nitrogens is 1. The number of nitrogens with one attached hydrogen (secondary N) is 2. The highest BCUT2D eigenvalue weighted by atomic mass is 16.1. The van der Waals surface area contributed by atoms with E-state index in [9.17, 15) is 4.79 Å². The van der Waals surface area contributed by atoms with E-state index < -0.39 is 0 Å². The van der Waals surface area contributed by atoms with Crippen LogP contribution < -0.4 is 10.2 Å². The SMILES string of the molecule is CCc1cc(C(=O)NCCN2CCN(c3ncccn3)CC2)n[nH]1. The number of nitrogens with zero attached hydrogens (tertiary/aromatic N) is 5. The van der Waals surface area contributed by atoms with Gasteiger partial charge in [0.15, 0.2) is 0 Å². The molecule has 8 heteroatoms. The van der Waals surface area contributed by atoms with Gasteiger partial charge in [0.25, 0.3) is 5.91 Å². The van der Waals surface area contributed by atoms with Crippen LogP contribution in [0.2, 0.25) is 0 Å². The van der Waals surface area contributed by atoms with Gasteiger partial charge in [-0.25, -0.2) is 9.97 Å². The van der Waals surface area contributed by atoms with Crippen molar-refractivity contribution < 1.29 is 4.79 Å². The third kappa shape index (κ3) is 4.08. The molecule has 0 unspecified atom stereocenters. The van der Waals surface area contributed by atoms with Crippen LogP contribution in [0, 0.1) is 0 Å². The molecule has 1 aliphatic rings. The fraction of sp³-hybridized carbons (Fsp3) is 0.500. The maximum absolute atomic E-state index is 12.0. The van der Waals surface area contributed by atoms with Crippen molar-refractivity contribution >= 4 is 11.9 Å². The molecule has 2 aromatic heterocycles. The quantitative estimate of drug-likeness (QED) is 0.793. The summed E-state index contributed by atoms with van der Waals surface area (Å²) in [6.07, 6.45) is 4.38. The Labute approximate surface area is 141 Å². The fourth-order valence-electron chi connectivity index (χ4n) is 2.70. The molecule has 8 nitrogen and oxygen atoms in total. The Morgan fingerprint density at radius 1 is 1.25 bits per heavy atom. The highest BCUT2D eigenvalue weighted by Crippen LogP contribution is 2.09. The van der Waals surface area contributed by atoms with Crippen molar-refractivity contribution in [2.75, 3.05) is 44.2 Å². The molecule has 0 aliphatic carbocycles. The van der Waals surface area contributed by atoms with Gasteiger partial charge >= 0.3 is 0 Å². The van der Waals surface area contributed by atoms with Crippen LogP contribution in [0.4, 0.5) is 5.95 Å². The summed E-state index contributed by atoms with van der Waals surface area (Å²) < 4.78 is 0. The Hall–Kier alpha value is -2.48. The summed E-state index contributed by atoms with van der Waals surface area (Å²) in [5.74, 6) is 0.665. The van der Waals surface area contributed by atoms with Crippen LogP contribution in [0.15, 0.2) is 24.5 Å². The third-order valence-electron chi connectivity index (χ3n) is 4.17. The van der Waals surface area contributed by atoms with Gasteiger partial charge in [0, 0.05) is 57.4 Å². The Morgan fingerprint density at radius 2 is 2.00 bits per heavy atom. The number of aromatic nitrogens is 4. The number of piperazine rings is 1. The molecule has 1 amide bonds. The zero-order valence-electron chi connectivity index (χ0n) is 13.9. The van der Waals surface area contributed by atoms with Gasteiger partial charge in [-0.15, -0.1) is 0 Å². The Bertz CT molecular complexity index is 649. The lowest BCUT2D eigenvalue weighted by atomic mass is 10.3. The van der Waals surface area contributed by atoms with Crippen LogP contribution in [0.5, 0.6) is 0 Å². The summed E-state index contributed by atoms with van der Waals surface area (Å²) in [6, 6.07) is 3.62. The summed E-state index contributed by atoms with van der Waals surface area (Å²) >= 11 is 0. The van der Waals surface area contributed by atoms with Crippen molar-refractivity contribution in [2.24, 2.45) is 0 Å². The Morgan fingerprint density at radius 3 is 2.67 bits per heavy atom. The molecule has 0 radical (unpaired) electrons. The van der Waals surface area contributed by atoms with E-state index in [1.165, 1.54) is 0 Å². The van der Waals surface area contributed by atoms with E-state index in [0.717, 1.165) is 50.8 Å². The summed E-state index contributed by atoms with van der Waals surface area (Å²) in [6.45, 7) is 7.16. The van der Waals surface area contributed by atoms with Gasteiger partial charge in [-0.3, -0.25) is 14.8 Å². The normalized spacial score (nSPS) is 15.5. The van der Waals surface area contributed by atoms with Gasteiger partial charge in [-0.2, -0.15) is 5.10 Å². The van der Waals surface area contributed by atoms with Gasteiger partial charge in [0.2, 0.25) is 5.95 Å². The first kappa shape index (κ1) is 16.4. The number of amides is 1. The molecule has 3 rings (SSSR count). The topological polar surface area (TPSA) is 90.0 Å². The van der Waals surface area contributed by atoms with Crippen LogP contribution in [-0.4, -0.2) is 70.2 Å². The first-order valence-corrected chi connectivity index (χ1v) is 8.33. The van der Waals surface area contributed by atoms with Crippen molar-refractivity contribution in [2.45, 2.75) is 13.3 Å². The summed E-state index contributed by atoms with van der Waals surface area (Å²) in [5, 5.41) is 9.81. The lowest BCUT2D eigenvalue weighted by Crippen LogP contribution is -2.49. The van der Waals surface area contributed by atoms with E-state index in [1.54, 1.807) is 18.5 Å². The number of rotatable bonds is 6. The molecule has 128 valence electrons. The van der Waals surface area contributed by atoms with Crippen molar-refractivity contribution in [1.29, 1.82) is 0 Å². The molecule has 0 saturated carbocycles. The highest BCUT2D eigenvalue weighted by Gasteiger charge is 2.18. The Kier molecular flexibility index (Phi) is 5.37. The number of anilines is 1. The number of carbonyl (C=O) groups excluding carboxylic acids is 1. The van der Waals surface area contributed by atoms with Gasteiger partial charge in [-0.1, -0.05) is 6.92 Å². The van der Waals surface area contributed by atoms with E-state index >= 15 is 0 Å². The summed E-state index contributed by atoms with van der Waals surface area (Å²) in [5.41, 5.74) is 1.43. The van der Waals surface area contributed by atoms with Crippen molar-refractivity contribution in [1.82, 2.24) is 30.4 Å². The summed E-state index contributed by atoms with van der Waals surface area (Å²) in [4.78, 5) is 25.1. The Balaban J connectivity index is 1.38. The second-order valence-corrected chi connectivity index (χ2v) is 5.77. The van der Waals surface area contributed by atoms with Crippen molar-refractivity contribution in [3.05, 3.63) is 35.9 Å². The largest absolute Gasteiger partial charge is 0.349 e. The van der Waals surface area contributed by atoms with Crippen LogP contribution >= 0.6 is 0 Å². The zero-order valence-corrected chi connectivity index (χ0v) is 13.9. The number of carbonyl (C=O) groups is 1. The average molecular weight is 329 g/mol. The molecule has 3 heterocycles. The van der Waals surface area contributed by atoms with E-state index in [4.69, 9.17) is 0 Å². The molecule has 24 heavy (non-hydrogen) atoms. The molecular formula is C16H23N7O. The fourth-order valence-corrected chi connectivity index (χ4v) is 2.70. The maximum Gasteiger partial charge on any atom is 0.271 e. The lowest BCUT2D eigenvalue weighted by molar-refractivity contribution is 0.0942. The van der Waals surface area contributed by atoms with Crippen molar-refractivity contribution in [3.8, 4) is 0 Å². The predicted octanol–water partition coefficient (Wildman–Crippen LogP) is 0.314. The predicted molar refractivity (Wildman–Crippen MR) is 91.0 cm³/mol. The van der Waals surface area contributed by atoms with Crippen molar-refractivity contribution in [3.63, 3.8) is 0 Å². The molecule has 0 spiro atoms. The average Bonchev–Trinajstić information content (AvgIpc) is 3.12. The first-order valence-electron chi connectivity index (χ1n) is 8.33. The summed E-state index contributed by atoms with van der Waals surface area (Å²) in [7, 11) is 0. The van der Waals surface area contributed by atoms with E-state index in [1.807, 2.05) is 13.0 Å². The van der Waals surface area contributed by atoms with E-state index in [2.05, 4.69) is 35.3 Å². The minimum Gasteiger partial charge on any atom is -0.349 e. The lowest BCUT2D eigenvalue weighted by Gasteiger charge is -2.34. The van der Waals surface area contributed by atoms with Gasteiger partial charge in [-0.05, 0) is 18.6 Å². The van der Waals surface area contributed by atoms with Crippen LogP contribution in [0.25, 0.3) is 0 Å². The van der Waals surface area contributed by atoms with E-state index in [0.29, 0.717) is 12.2 Å². The number of hydrogen-bond acceptors (Lipinski definition) is 6. The molecule has 1 fully saturated rings. The van der Waals surface area contributed by atoms with Gasteiger partial charge < -0.3 is 10.2 Å². The zero-order chi connectivity index (χ0) is 16.8. The van der Waals surface area contributed by atoms with Gasteiger partial charge in [0.1, 0.15) is 5.69 Å². The second-order valence-electron chi connectivity index (χ2n) is 5.77. The molecule has 0 bridgehead atoms. The molecular weight excluding hydrogens is 306 g/mol. The standard InChI is InChI=1S/C16H23N7O/c1-2-13-12-14(21-20-13)15(24)17-6-7-22-8-10-23(11-9-22)16-18-4-3-5-19-16/h3-5,12H,2,6-11H2,1H3,(H,17,24)(H,20,21). The van der Waals surface area contributed by atoms with Gasteiger partial charge in [0.05, 0.1) is 0 Å². The molecule has 1 aliphatic heterocycles. The first-order chi connectivity index (χ1) is 11.8. The molecule has 2 N–H and O–H groups in total. The smallest absolute Gasteiger partial charge is 0.271 e. The third-order valence-corrected chi connectivity index (χ3v) is 4.17. The van der Waals surface area contributed by atoms with Crippen LogP contribution in [0.3, 0.4) is 0 Å². The number of aromatic amines is 1. The second kappa shape index (κ2) is 7.87. The van der Waals surface area contributed by atoms with E-state index in [-0.39, 0.29) is 5.91 Å². The highest BCUT2D eigenvalue weighted by molar-refractivity contribution is 5.92. The minimum atomic E-state index is -0.123. The number of hydrogen-bond donors (Lipinski definition) is 2. The molecule has 0 atom stereocenters.